The van der Waals surface area contributed by atoms with E-state index in [0.29, 0.717) is 24.1 Å². The Bertz CT molecular complexity index is 428. The quantitative estimate of drug-likeness (QED) is 0.821. The number of pyridine rings is 1. The highest BCUT2D eigenvalue weighted by Gasteiger charge is 2.19. The van der Waals surface area contributed by atoms with Crippen molar-refractivity contribution in [3.05, 3.63) is 23.9 Å². The summed E-state index contributed by atoms with van der Waals surface area (Å²) in [4.78, 5) is 16.0. The highest BCUT2D eigenvalue weighted by molar-refractivity contribution is 5.91. The Kier molecular flexibility index (Phi) is 4.74. The first kappa shape index (κ1) is 13.8. The van der Waals surface area contributed by atoms with Crippen molar-refractivity contribution in [1.29, 1.82) is 0 Å². The van der Waals surface area contributed by atoms with E-state index < -0.39 is 5.97 Å². The van der Waals surface area contributed by atoms with Crippen LogP contribution in [0.3, 0.4) is 0 Å². The molecule has 1 N–H and O–H groups in total. The summed E-state index contributed by atoms with van der Waals surface area (Å²) in [6.07, 6.45) is 3.72. The monoisotopic (exact) mass is 264 g/mol. The van der Waals surface area contributed by atoms with Crippen LogP contribution >= 0.6 is 0 Å². The molecule has 5 nitrogen and oxygen atoms in total. The molecule has 1 saturated heterocycles. The smallest absolute Gasteiger partial charge is 0.343 e. The van der Waals surface area contributed by atoms with Gasteiger partial charge in [0.1, 0.15) is 12.2 Å². The van der Waals surface area contributed by atoms with Gasteiger partial charge >= 0.3 is 5.97 Å². The average Bonchev–Trinajstić information content (AvgIpc) is 2.89. The maximum Gasteiger partial charge on any atom is 0.343 e. The topological polar surface area (TPSA) is 60.5 Å². The van der Waals surface area contributed by atoms with Gasteiger partial charge in [-0.05, 0) is 45.4 Å². The number of ether oxygens (including phenoxy) is 2. The van der Waals surface area contributed by atoms with Crippen molar-refractivity contribution in [2.45, 2.75) is 38.8 Å². The van der Waals surface area contributed by atoms with Crippen LogP contribution in [0.25, 0.3) is 0 Å². The van der Waals surface area contributed by atoms with Crippen LogP contribution in [0.15, 0.2) is 18.3 Å². The lowest BCUT2D eigenvalue weighted by Gasteiger charge is -2.14. The molecule has 2 heterocycles. The molecule has 1 aliphatic heterocycles. The van der Waals surface area contributed by atoms with Crippen LogP contribution in [0.5, 0.6) is 5.88 Å². The molecule has 2 rings (SSSR count). The summed E-state index contributed by atoms with van der Waals surface area (Å²) < 4.78 is 10.8. The van der Waals surface area contributed by atoms with Gasteiger partial charge in [0, 0.05) is 12.2 Å². The molecule has 1 aliphatic rings. The van der Waals surface area contributed by atoms with Crippen molar-refractivity contribution in [2.75, 3.05) is 13.2 Å². The van der Waals surface area contributed by atoms with Gasteiger partial charge in [-0.2, -0.15) is 0 Å². The normalized spacial score (nSPS) is 18.6. The number of esters is 1. The molecule has 1 atom stereocenters. The van der Waals surface area contributed by atoms with E-state index in [0.717, 1.165) is 13.0 Å². The van der Waals surface area contributed by atoms with E-state index in [9.17, 15) is 4.79 Å². The molecular weight excluding hydrogens is 244 g/mol. The first-order valence-electron chi connectivity index (χ1n) is 6.69. The molecule has 19 heavy (non-hydrogen) atoms. The molecule has 0 aromatic carbocycles. The van der Waals surface area contributed by atoms with E-state index in [2.05, 4.69) is 10.3 Å². The zero-order valence-electron chi connectivity index (χ0n) is 11.4. The SMILES string of the molecule is CC(C)OC(=O)c1cccnc1OC[C@H]1CCCN1. The third kappa shape index (κ3) is 3.92. The van der Waals surface area contributed by atoms with Crippen molar-refractivity contribution >= 4 is 5.97 Å². The third-order valence-electron chi connectivity index (χ3n) is 2.92. The van der Waals surface area contributed by atoms with Gasteiger partial charge in [-0.15, -0.1) is 0 Å². The van der Waals surface area contributed by atoms with Gasteiger partial charge < -0.3 is 14.8 Å². The van der Waals surface area contributed by atoms with E-state index in [1.54, 1.807) is 18.3 Å². The number of hydrogen-bond acceptors (Lipinski definition) is 5. The Hall–Kier alpha value is -1.62. The minimum Gasteiger partial charge on any atom is -0.475 e. The number of aromatic nitrogens is 1. The minimum atomic E-state index is -0.391. The van der Waals surface area contributed by atoms with E-state index in [4.69, 9.17) is 9.47 Å². The molecule has 0 unspecified atom stereocenters. The Balaban J connectivity index is 2.00. The predicted molar refractivity (Wildman–Crippen MR) is 71.3 cm³/mol. The number of carbonyl (C=O) groups is 1. The van der Waals surface area contributed by atoms with Crippen LogP contribution in [0, 0.1) is 0 Å². The first-order chi connectivity index (χ1) is 9.16. The maximum absolute atomic E-state index is 11.9. The summed E-state index contributed by atoms with van der Waals surface area (Å²) in [5.74, 6) is -0.0423. The molecule has 1 aromatic rings. The Morgan fingerprint density at radius 1 is 1.58 bits per heavy atom. The van der Waals surface area contributed by atoms with Crippen LogP contribution in [0.4, 0.5) is 0 Å². The lowest BCUT2D eigenvalue weighted by Crippen LogP contribution is -2.28. The molecule has 0 amide bonds. The largest absolute Gasteiger partial charge is 0.475 e. The molecule has 0 spiro atoms. The van der Waals surface area contributed by atoms with Gasteiger partial charge in [0.15, 0.2) is 0 Å². The van der Waals surface area contributed by atoms with Crippen LogP contribution in [0.2, 0.25) is 0 Å². The minimum absolute atomic E-state index is 0.156. The van der Waals surface area contributed by atoms with Crippen molar-refractivity contribution in [3.63, 3.8) is 0 Å². The Morgan fingerprint density at radius 3 is 3.11 bits per heavy atom. The predicted octanol–water partition coefficient (Wildman–Crippen LogP) is 1.78. The summed E-state index contributed by atoms with van der Waals surface area (Å²) >= 11 is 0. The van der Waals surface area contributed by atoms with Gasteiger partial charge in [-0.25, -0.2) is 9.78 Å². The Labute approximate surface area is 113 Å². The summed E-state index contributed by atoms with van der Waals surface area (Å²) in [7, 11) is 0. The second-order valence-corrected chi connectivity index (χ2v) is 4.91. The van der Waals surface area contributed by atoms with Gasteiger partial charge in [-0.1, -0.05) is 0 Å². The molecule has 104 valence electrons. The number of nitrogens with zero attached hydrogens (tertiary/aromatic N) is 1. The van der Waals surface area contributed by atoms with Crippen LogP contribution in [-0.4, -0.2) is 36.3 Å². The highest BCUT2D eigenvalue weighted by Crippen LogP contribution is 2.17. The van der Waals surface area contributed by atoms with E-state index in [1.807, 2.05) is 13.8 Å². The summed E-state index contributed by atoms with van der Waals surface area (Å²) in [5.41, 5.74) is 0.384. The van der Waals surface area contributed by atoms with Gasteiger partial charge in [0.2, 0.25) is 5.88 Å². The van der Waals surface area contributed by atoms with E-state index >= 15 is 0 Å². The second kappa shape index (κ2) is 6.52. The molecule has 0 saturated carbocycles. The van der Waals surface area contributed by atoms with Gasteiger partial charge in [0.05, 0.1) is 6.10 Å². The standard InChI is InChI=1S/C14H20N2O3/c1-10(2)19-14(17)12-6-4-8-16-13(12)18-9-11-5-3-7-15-11/h4,6,8,10-11,15H,3,5,7,9H2,1-2H3/t11-/m1/s1. The maximum atomic E-state index is 11.9. The molecule has 0 bridgehead atoms. The number of carbonyl (C=O) groups excluding carboxylic acids is 1. The molecular formula is C14H20N2O3. The fraction of sp³-hybridized carbons (Fsp3) is 0.571. The lowest BCUT2D eigenvalue weighted by molar-refractivity contribution is 0.0372. The van der Waals surface area contributed by atoms with Crippen LogP contribution < -0.4 is 10.1 Å². The first-order valence-corrected chi connectivity index (χ1v) is 6.69. The van der Waals surface area contributed by atoms with Gasteiger partial charge in [0.25, 0.3) is 0 Å². The summed E-state index contributed by atoms with van der Waals surface area (Å²) in [6.45, 7) is 5.19. The second-order valence-electron chi connectivity index (χ2n) is 4.91. The molecule has 5 heteroatoms. The zero-order valence-corrected chi connectivity index (χ0v) is 11.4. The third-order valence-corrected chi connectivity index (χ3v) is 2.92. The molecule has 0 radical (unpaired) electrons. The lowest BCUT2D eigenvalue weighted by atomic mass is 10.2. The van der Waals surface area contributed by atoms with Gasteiger partial charge in [-0.3, -0.25) is 0 Å². The van der Waals surface area contributed by atoms with E-state index in [1.165, 1.54) is 6.42 Å². The number of hydrogen-bond donors (Lipinski definition) is 1. The number of rotatable bonds is 5. The molecule has 1 aromatic heterocycles. The molecule has 1 fully saturated rings. The fourth-order valence-corrected chi connectivity index (χ4v) is 2.02. The molecule has 0 aliphatic carbocycles. The number of nitrogens with one attached hydrogen (secondary N) is 1. The zero-order chi connectivity index (χ0) is 13.7. The highest BCUT2D eigenvalue weighted by atomic mass is 16.5. The average molecular weight is 264 g/mol. The van der Waals surface area contributed by atoms with Crippen molar-refractivity contribution in [3.8, 4) is 5.88 Å². The van der Waals surface area contributed by atoms with Crippen molar-refractivity contribution in [1.82, 2.24) is 10.3 Å². The van der Waals surface area contributed by atoms with Crippen molar-refractivity contribution in [2.24, 2.45) is 0 Å². The summed E-state index contributed by atoms with van der Waals surface area (Å²) in [5, 5.41) is 3.34. The van der Waals surface area contributed by atoms with Crippen molar-refractivity contribution < 1.29 is 14.3 Å². The summed E-state index contributed by atoms with van der Waals surface area (Å²) in [6, 6.07) is 3.73. The Morgan fingerprint density at radius 2 is 2.42 bits per heavy atom. The fourth-order valence-electron chi connectivity index (χ4n) is 2.02. The van der Waals surface area contributed by atoms with E-state index in [-0.39, 0.29) is 6.10 Å². The van der Waals surface area contributed by atoms with Crippen LogP contribution in [0.1, 0.15) is 37.0 Å². The van der Waals surface area contributed by atoms with Crippen LogP contribution in [-0.2, 0) is 4.74 Å².